The Morgan fingerprint density at radius 2 is 1.90 bits per heavy atom. The van der Waals surface area contributed by atoms with Crippen molar-refractivity contribution >= 4 is 11.9 Å². The smallest absolute Gasteiger partial charge is 0.417 e. The van der Waals surface area contributed by atoms with Gasteiger partial charge in [-0.3, -0.25) is 4.79 Å². The fourth-order valence-electron chi connectivity index (χ4n) is 2.34. The van der Waals surface area contributed by atoms with Gasteiger partial charge in [-0.2, -0.15) is 13.2 Å². The Kier molecular flexibility index (Phi) is 3.69. The van der Waals surface area contributed by atoms with E-state index in [1.54, 1.807) is 0 Å². The number of alkyl halides is 3. The highest BCUT2D eigenvalue weighted by Gasteiger charge is 2.39. The van der Waals surface area contributed by atoms with Crippen molar-refractivity contribution < 1.29 is 27.9 Å². The van der Waals surface area contributed by atoms with Crippen molar-refractivity contribution in [2.75, 3.05) is 6.54 Å². The minimum atomic E-state index is -4.65. The second-order valence-corrected chi connectivity index (χ2v) is 4.54. The first kappa shape index (κ1) is 14.4. The third-order valence-electron chi connectivity index (χ3n) is 3.26. The van der Waals surface area contributed by atoms with Gasteiger partial charge >= 0.3 is 12.1 Å². The van der Waals surface area contributed by atoms with Crippen molar-refractivity contribution in [2.24, 2.45) is 0 Å². The molecule has 7 heteroatoms. The molecule has 1 amide bonds. The number of carboxylic acids is 1. The maximum absolute atomic E-state index is 12.9. The number of hydrogen-bond acceptors (Lipinski definition) is 2. The number of halogens is 3. The molecule has 108 valence electrons. The molecule has 1 heterocycles. The summed E-state index contributed by atoms with van der Waals surface area (Å²) >= 11 is 0. The normalized spacial score (nSPS) is 19.1. The van der Waals surface area contributed by atoms with E-state index in [1.807, 2.05) is 0 Å². The molecule has 1 atom stereocenters. The Balaban J connectivity index is 2.37. The number of carboxylic acid groups (broad SMARTS) is 1. The Hall–Kier alpha value is -2.05. The molecular formula is C13H12F3NO3. The van der Waals surface area contributed by atoms with E-state index in [9.17, 15) is 22.8 Å². The number of benzene rings is 1. The molecule has 2 rings (SSSR count). The van der Waals surface area contributed by atoms with Crippen LogP contribution in [0.2, 0.25) is 0 Å². The highest BCUT2D eigenvalue weighted by molar-refractivity contribution is 5.98. The van der Waals surface area contributed by atoms with Crippen molar-refractivity contribution in [1.82, 2.24) is 4.90 Å². The molecule has 0 unspecified atom stereocenters. The molecule has 0 radical (unpaired) electrons. The first-order valence-corrected chi connectivity index (χ1v) is 6.02. The topological polar surface area (TPSA) is 57.6 Å². The summed E-state index contributed by atoms with van der Waals surface area (Å²) in [6, 6.07) is 3.36. The average molecular weight is 287 g/mol. The van der Waals surface area contributed by atoms with E-state index in [0.29, 0.717) is 6.42 Å². The number of carbonyl (C=O) groups excluding carboxylic acids is 1. The predicted octanol–water partition coefficient (Wildman–Crippen LogP) is 2.39. The summed E-state index contributed by atoms with van der Waals surface area (Å²) in [5.41, 5.74) is -1.55. The van der Waals surface area contributed by atoms with E-state index in [1.165, 1.54) is 12.1 Å². The van der Waals surface area contributed by atoms with Crippen molar-refractivity contribution in [3.8, 4) is 0 Å². The lowest BCUT2D eigenvalue weighted by atomic mass is 10.1. The van der Waals surface area contributed by atoms with Gasteiger partial charge in [0.1, 0.15) is 6.04 Å². The van der Waals surface area contributed by atoms with Crippen LogP contribution in [0.3, 0.4) is 0 Å². The summed E-state index contributed by atoms with van der Waals surface area (Å²) in [7, 11) is 0. The zero-order valence-electron chi connectivity index (χ0n) is 10.4. The first-order chi connectivity index (χ1) is 9.32. The minimum absolute atomic E-state index is 0.155. The number of amides is 1. The predicted molar refractivity (Wildman–Crippen MR) is 63.1 cm³/mol. The molecular weight excluding hydrogens is 275 g/mol. The molecule has 20 heavy (non-hydrogen) atoms. The Labute approximate surface area is 112 Å². The zero-order valence-corrected chi connectivity index (χ0v) is 10.4. The van der Waals surface area contributed by atoms with E-state index in [4.69, 9.17) is 5.11 Å². The average Bonchev–Trinajstić information content (AvgIpc) is 2.86. The third kappa shape index (κ3) is 2.61. The van der Waals surface area contributed by atoms with Crippen molar-refractivity contribution in [1.29, 1.82) is 0 Å². The Morgan fingerprint density at radius 3 is 2.50 bits per heavy atom. The molecule has 1 aromatic rings. The van der Waals surface area contributed by atoms with Crippen LogP contribution < -0.4 is 0 Å². The maximum Gasteiger partial charge on any atom is 0.417 e. The molecule has 0 bridgehead atoms. The lowest BCUT2D eigenvalue weighted by molar-refractivity contribution is -0.141. The summed E-state index contributed by atoms with van der Waals surface area (Å²) in [4.78, 5) is 24.2. The molecule has 1 aliphatic heterocycles. The number of likely N-dealkylation sites (tertiary alicyclic amines) is 1. The number of rotatable bonds is 2. The molecule has 0 aromatic heterocycles. The van der Waals surface area contributed by atoms with Gasteiger partial charge in [0.2, 0.25) is 0 Å². The van der Waals surface area contributed by atoms with E-state index < -0.39 is 35.2 Å². The van der Waals surface area contributed by atoms with E-state index in [2.05, 4.69) is 0 Å². The fraction of sp³-hybridized carbons (Fsp3) is 0.385. The molecule has 1 N–H and O–H groups in total. The van der Waals surface area contributed by atoms with Crippen LogP contribution in [-0.4, -0.2) is 34.5 Å². The molecule has 1 aromatic carbocycles. The van der Waals surface area contributed by atoms with Crippen LogP contribution in [0.1, 0.15) is 28.8 Å². The summed E-state index contributed by atoms with van der Waals surface area (Å²) in [5, 5.41) is 8.99. The van der Waals surface area contributed by atoms with Crippen LogP contribution in [0.25, 0.3) is 0 Å². The lowest BCUT2D eigenvalue weighted by Gasteiger charge is -2.23. The molecule has 0 spiro atoms. The summed E-state index contributed by atoms with van der Waals surface area (Å²) in [5.74, 6) is -2.08. The van der Waals surface area contributed by atoms with Gasteiger partial charge < -0.3 is 10.0 Å². The van der Waals surface area contributed by atoms with Crippen LogP contribution in [-0.2, 0) is 11.0 Å². The summed E-state index contributed by atoms with van der Waals surface area (Å²) in [6.07, 6.45) is -3.92. The minimum Gasteiger partial charge on any atom is -0.480 e. The number of carbonyl (C=O) groups is 2. The second kappa shape index (κ2) is 5.15. The Bertz CT molecular complexity index is 542. The van der Waals surface area contributed by atoms with Crippen molar-refractivity contribution in [3.63, 3.8) is 0 Å². The van der Waals surface area contributed by atoms with Crippen LogP contribution in [0.15, 0.2) is 24.3 Å². The van der Waals surface area contributed by atoms with Gasteiger partial charge in [0, 0.05) is 6.54 Å². The molecule has 1 saturated heterocycles. The largest absolute Gasteiger partial charge is 0.480 e. The number of nitrogens with zero attached hydrogens (tertiary/aromatic N) is 1. The van der Waals surface area contributed by atoms with Crippen molar-refractivity contribution in [3.05, 3.63) is 35.4 Å². The van der Waals surface area contributed by atoms with Crippen LogP contribution in [0, 0.1) is 0 Å². The zero-order chi connectivity index (χ0) is 14.9. The second-order valence-electron chi connectivity index (χ2n) is 4.54. The van der Waals surface area contributed by atoms with E-state index in [-0.39, 0.29) is 13.0 Å². The van der Waals surface area contributed by atoms with Crippen LogP contribution in [0.4, 0.5) is 13.2 Å². The monoisotopic (exact) mass is 287 g/mol. The Morgan fingerprint density at radius 1 is 1.25 bits per heavy atom. The van der Waals surface area contributed by atoms with Crippen LogP contribution >= 0.6 is 0 Å². The highest BCUT2D eigenvalue weighted by Crippen LogP contribution is 2.33. The number of aliphatic carboxylic acids is 1. The molecule has 1 aliphatic rings. The molecule has 0 saturated carbocycles. The van der Waals surface area contributed by atoms with Gasteiger partial charge in [-0.1, -0.05) is 12.1 Å². The summed E-state index contributed by atoms with van der Waals surface area (Å²) < 4.78 is 38.6. The van der Waals surface area contributed by atoms with E-state index in [0.717, 1.165) is 17.0 Å². The molecule has 1 fully saturated rings. The maximum atomic E-state index is 12.9. The van der Waals surface area contributed by atoms with Gasteiger partial charge in [-0.25, -0.2) is 4.79 Å². The van der Waals surface area contributed by atoms with Gasteiger partial charge in [0.05, 0.1) is 11.1 Å². The van der Waals surface area contributed by atoms with Gasteiger partial charge in [0.15, 0.2) is 0 Å². The fourth-order valence-corrected chi connectivity index (χ4v) is 2.34. The quantitative estimate of drug-likeness (QED) is 0.908. The first-order valence-electron chi connectivity index (χ1n) is 6.02. The summed E-state index contributed by atoms with van der Waals surface area (Å²) in [6.45, 7) is 0.155. The number of hydrogen-bond donors (Lipinski definition) is 1. The van der Waals surface area contributed by atoms with Crippen LogP contribution in [0.5, 0.6) is 0 Å². The van der Waals surface area contributed by atoms with E-state index >= 15 is 0 Å². The molecule has 0 aliphatic carbocycles. The standard InChI is InChI=1S/C13H12F3NO3/c14-13(15,16)9-5-2-1-4-8(9)11(18)17-7-3-6-10(17)12(19)20/h1-2,4-5,10H,3,6-7H2,(H,19,20)/t10-/m0/s1. The van der Waals surface area contributed by atoms with Gasteiger partial charge in [0.25, 0.3) is 5.91 Å². The highest BCUT2D eigenvalue weighted by atomic mass is 19.4. The SMILES string of the molecule is O=C(O)[C@@H]1CCCN1C(=O)c1ccccc1C(F)(F)F. The third-order valence-corrected chi connectivity index (χ3v) is 3.26. The van der Waals surface area contributed by atoms with Gasteiger partial charge in [-0.05, 0) is 25.0 Å². The van der Waals surface area contributed by atoms with Gasteiger partial charge in [-0.15, -0.1) is 0 Å². The lowest BCUT2D eigenvalue weighted by Crippen LogP contribution is -2.41. The van der Waals surface area contributed by atoms with Crippen molar-refractivity contribution in [2.45, 2.75) is 25.1 Å². The molecule has 4 nitrogen and oxygen atoms in total.